The predicted molar refractivity (Wildman–Crippen MR) is 107 cm³/mol. The van der Waals surface area contributed by atoms with Crippen LogP contribution < -0.4 is 16.4 Å². The molecule has 0 aliphatic rings. The Bertz CT molecular complexity index is 490. The summed E-state index contributed by atoms with van der Waals surface area (Å²) in [4.78, 5) is 37.4. The molecule has 7 heteroatoms. The number of carbonyl (C=O) groups excluding carboxylic acids is 3. The Balaban J connectivity index is 5.26. The standard InChI is InChI=1S/C20H39N3O4/c1-8-15(18(25)23-14(4)5)9-16(17(24)22-12-21)10-20(6,7)19(26)27-11-13(2)3/h13-16H,8-12,21H2,1-7H3,(H,22,24)(H,23,25). The molecule has 0 aromatic rings. The Morgan fingerprint density at radius 1 is 1.04 bits per heavy atom. The number of hydrogen-bond acceptors (Lipinski definition) is 5. The number of amides is 2. The first kappa shape index (κ1) is 25.4. The van der Waals surface area contributed by atoms with E-state index in [2.05, 4.69) is 10.6 Å². The van der Waals surface area contributed by atoms with E-state index in [4.69, 9.17) is 10.5 Å². The number of esters is 1. The lowest BCUT2D eigenvalue weighted by Crippen LogP contribution is -2.42. The van der Waals surface area contributed by atoms with Crippen molar-refractivity contribution in [3.63, 3.8) is 0 Å². The molecule has 0 aliphatic heterocycles. The topological polar surface area (TPSA) is 111 Å². The molecule has 0 bridgehead atoms. The van der Waals surface area contributed by atoms with Crippen molar-refractivity contribution in [1.82, 2.24) is 10.6 Å². The first-order valence-corrected chi connectivity index (χ1v) is 9.89. The number of carbonyl (C=O) groups is 3. The van der Waals surface area contributed by atoms with Gasteiger partial charge in [0.05, 0.1) is 18.7 Å². The second kappa shape index (κ2) is 12.0. The van der Waals surface area contributed by atoms with E-state index < -0.39 is 11.3 Å². The van der Waals surface area contributed by atoms with Crippen molar-refractivity contribution >= 4 is 17.8 Å². The fourth-order valence-corrected chi connectivity index (χ4v) is 2.87. The van der Waals surface area contributed by atoms with Crippen molar-refractivity contribution in [3.05, 3.63) is 0 Å². The largest absolute Gasteiger partial charge is 0.465 e. The van der Waals surface area contributed by atoms with Gasteiger partial charge in [0.1, 0.15) is 0 Å². The minimum Gasteiger partial charge on any atom is -0.465 e. The van der Waals surface area contributed by atoms with Gasteiger partial charge in [0.15, 0.2) is 0 Å². The van der Waals surface area contributed by atoms with Crippen molar-refractivity contribution in [2.75, 3.05) is 13.3 Å². The third-order valence-electron chi connectivity index (χ3n) is 4.37. The zero-order valence-corrected chi connectivity index (χ0v) is 18.1. The molecule has 158 valence electrons. The molecule has 27 heavy (non-hydrogen) atoms. The molecule has 0 fully saturated rings. The van der Waals surface area contributed by atoms with Crippen LogP contribution in [0.15, 0.2) is 0 Å². The summed E-state index contributed by atoms with van der Waals surface area (Å²) in [6.07, 6.45) is 1.27. The predicted octanol–water partition coefficient (Wildman–Crippen LogP) is 2.19. The molecular formula is C20H39N3O4. The summed E-state index contributed by atoms with van der Waals surface area (Å²) in [7, 11) is 0. The van der Waals surface area contributed by atoms with E-state index in [9.17, 15) is 14.4 Å². The maximum atomic E-state index is 12.5. The second-order valence-corrected chi connectivity index (χ2v) is 8.53. The lowest BCUT2D eigenvalue weighted by atomic mass is 9.78. The fraction of sp³-hybridized carbons (Fsp3) is 0.850. The molecule has 4 N–H and O–H groups in total. The van der Waals surface area contributed by atoms with Gasteiger partial charge in [0, 0.05) is 17.9 Å². The average molecular weight is 386 g/mol. The van der Waals surface area contributed by atoms with E-state index in [-0.39, 0.29) is 42.3 Å². The van der Waals surface area contributed by atoms with Crippen molar-refractivity contribution in [1.29, 1.82) is 0 Å². The lowest BCUT2D eigenvalue weighted by Gasteiger charge is -2.29. The smallest absolute Gasteiger partial charge is 0.311 e. The van der Waals surface area contributed by atoms with E-state index in [1.54, 1.807) is 13.8 Å². The van der Waals surface area contributed by atoms with Gasteiger partial charge in [-0.2, -0.15) is 0 Å². The number of ether oxygens (including phenoxy) is 1. The normalized spacial score (nSPS) is 14.0. The number of nitrogens with two attached hydrogens (primary N) is 1. The summed E-state index contributed by atoms with van der Waals surface area (Å²) in [5.74, 6) is -1.20. The van der Waals surface area contributed by atoms with Gasteiger partial charge in [-0.1, -0.05) is 20.8 Å². The summed E-state index contributed by atoms with van der Waals surface area (Å²) in [6.45, 7) is 13.6. The molecular weight excluding hydrogens is 346 g/mol. The highest BCUT2D eigenvalue weighted by Gasteiger charge is 2.37. The van der Waals surface area contributed by atoms with Gasteiger partial charge in [-0.25, -0.2) is 0 Å². The molecule has 0 rings (SSSR count). The van der Waals surface area contributed by atoms with Crippen LogP contribution in [0, 0.1) is 23.2 Å². The molecule has 0 saturated carbocycles. The zero-order chi connectivity index (χ0) is 21.2. The van der Waals surface area contributed by atoms with Crippen LogP contribution in [0.4, 0.5) is 0 Å². The molecule has 2 atom stereocenters. The number of hydrogen-bond donors (Lipinski definition) is 3. The third-order valence-corrected chi connectivity index (χ3v) is 4.37. The van der Waals surface area contributed by atoms with Gasteiger partial charge in [-0.05, 0) is 52.9 Å². The van der Waals surface area contributed by atoms with Crippen LogP contribution in [0.3, 0.4) is 0 Å². The van der Waals surface area contributed by atoms with Gasteiger partial charge in [-0.15, -0.1) is 0 Å². The second-order valence-electron chi connectivity index (χ2n) is 8.53. The zero-order valence-electron chi connectivity index (χ0n) is 18.1. The van der Waals surface area contributed by atoms with Crippen LogP contribution in [-0.2, 0) is 19.1 Å². The summed E-state index contributed by atoms with van der Waals surface area (Å²) >= 11 is 0. The summed E-state index contributed by atoms with van der Waals surface area (Å²) in [5.41, 5.74) is 4.62. The van der Waals surface area contributed by atoms with E-state index in [0.29, 0.717) is 25.9 Å². The summed E-state index contributed by atoms with van der Waals surface area (Å²) in [5, 5.41) is 5.52. The Labute approximate surface area is 164 Å². The van der Waals surface area contributed by atoms with Crippen LogP contribution >= 0.6 is 0 Å². The maximum Gasteiger partial charge on any atom is 0.311 e. The van der Waals surface area contributed by atoms with Crippen LogP contribution in [0.1, 0.15) is 67.7 Å². The highest BCUT2D eigenvalue weighted by molar-refractivity contribution is 5.83. The summed E-state index contributed by atoms with van der Waals surface area (Å²) in [6, 6.07) is 0.0327. The van der Waals surface area contributed by atoms with Crippen molar-refractivity contribution in [2.24, 2.45) is 28.9 Å². The minimum absolute atomic E-state index is 0.0164. The van der Waals surface area contributed by atoms with Crippen molar-refractivity contribution in [3.8, 4) is 0 Å². The van der Waals surface area contributed by atoms with Gasteiger partial charge >= 0.3 is 5.97 Å². The summed E-state index contributed by atoms with van der Waals surface area (Å²) < 4.78 is 5.37. The van der Waals surface area contributed by atoms with Crippen molar-refractivity contribution < 1.29 is 19.1 Å². The molecule has 0 heterocycles. The molecule has 0 aliphatic carbocycles. The van der Waals surface area contributed by atoms with Crippen LogP contribution in [0.25, 0.3) is 0 Å². The van der Waals surface area contributed by atoms with Crippen LogP contribution in [0.5, 0.6) is 0 Å². The molecule has 2 unspecified atom stereocenters. The lowest BCUT2D eigenvalue weighted by molar-refractivity contribution is -0.156. The molecule has 7 nitrogen and oxygen atoms in total. The molecule has 0 aromatic carbocycles. The molecule has 0 aromatic heterocycles. The van der Waals surface area contributed by atoms with E-state index in [1.165, 1.54) is 0 Å². The van der Waals surface area contributed by atoms with E-state index in [0.717, 1.165) is 0 Å². The number of nitrogens with one attached hydrogen (secondary N) is 2. The first-order valence-electron chi connectivity index (χ1n) is 9.89. The molecule has 0 radical (unpaired) electrons. The quantitative estimate of drug-likeness (QED) is 0.352. The van der Waals surface area contributed by atoms with Gasteiger partial charge in [0.25, 0.3) is 0 Å². The molecule has 0 spiro atoms. The highest BCUT2D eigenvalue weighted by Crippen LogP contribution is 2.32. The van der Waals surface area contributed by atoms with Crippen LogP contribution in [-0.4, -0.2) is 37.1 Å². The third kappa shape index (κ3) is 9.75. The monoisotopic (exact) mass is 385 g/mol. The first-order chi connectivity index (χ1) is 12.4. The van der Waals surface area contributed by atoms with E-state index >= 15 is 0 Å². The van der Waals surface area contributed by atoms with Gasteiger partial charge in [-0.3, -0.25) is 14.4 Å². The minimum atomic E-state index is -0.835. The molecule has 2 amide bonds. The molecule has 0 saturated heterocycles. The van der Waals surface area contributed by atoms with Crippen LogP contribution in [0.2, 0.25) is 0 Å². The Kier molecular flexibility index (Phi) is 11.2. The average Bonchev–Trinajstić information content (AvgIpc) is 2.55. The van der Waals surface area contributed by atoms with Gasteiger partial charge < -0.3 is 21.1 Å². The number of rotatable bonds is 12. The Morgan fingerprint density at radius 3 is 2.07 bits per heavy atom. The van der Waals surface area contributed by atoms with E-state index in [1.807, 2.05) is 34.6 Å². The SMILES string of the molecule is CCC(CC(CC(C)(C)C(=O)OCC(C)C)C(=O)NCN)C(=O)NC(C)C. The highest BCUT2D eigenvalue weighted by atomic mass is 16.5. The Hall–Kier alpha value is -1.63. The van der Waals surface area contributed by atoms with Gasteiger partial charge in [0.2, 0.25) is 11.8 Å². The fourth-order valence-electron chi connectivity index (χ4n) is 2.87. The van der Waals surface area contributed by atoms with Crippen molar-refractivity contribution in [2.45, 2.75) is 73.8 Å². The maximum absolute atomic E-state index is 12.5. The Morgan fingerprint density at radius 2 is 1.63 bits per heavy atom.